The highest BCUT2D eigenvalue weighted by Gasteiger charge is 2.16. The van der Waals surface area contributed by atoms with Gasteiger partial charge in [-0.15, -0.1) is 0 Å². The summed E-state index contributed by atoms with van der Waals surface area (Å²) >= 11 is 0. The average Bonchev–Trinajstić information content (AvgIpc) is 3.42. The van der Waals surface area contributed by atoms with Gasteiger partial charge in [-0.1, -0.05) is 30.3 Å². The number of hydrogen-bond acceptors (Lipinski definition) is 5. The molecule has 0 spiro atoms. The lowest BCUT2D eigenvalue weighted by Gasteiger charge is -2.21. The van der Waals surface area contributed by atoms with Gasteiger partial charge in [0.2, 0.25) is 6.79 Å². The van der Waals surface area contributed by atoms with Gasteiger partial charge in [0.15, 0.2) is 11.5 Å². The fourth-order valence-corrected chi connectivity index (χ4v) is 3.14. The van der Waals surface area contributed by atoms with E-state index in [0.29, 0.717) is 26.2 Å². The summed E-state index contributed by atoms with van der Waals surface area (Å²) in [7, 11) is 0. The summed E-state index contributed by atoms with van der Waals surface area (Å²) < 4.78 is 12.5. The lowest BCUT2D eigenvalue weighted by Crippen LogP contribution is -2.39. The summed E-state index contributed by atoms with van der Waals surface area (Å²) in [5.41, 5.74) is 3.17. The Morgan fingerprint density at radius 2 is 1.86 bits per heavy atom. The lowest BCUT2D eigenvalue weighted by molar-refractivity contribution is 0.173. The van der Waals surface area contributed by atoms with E-state index in [1.54, 1.807) is 15.9 Å². The molecule has 0 bridgehead atoms. The number of hydrogen-bond donors (Lipinski definition) is 1. The van der Waals surface area contributed by atoms with Crippen LogP contribution in [-0.4, -0.2) is 39.0 Å². The van der Waals surface area contributed by atoms with Crippen molar-refractivity contribution in [2.45, 2.75) is 26.6 Å². The first-order valence-electron chi connectivity index (χ1n) is 9.53. The van der Waals surface area contributed by atoms with E-state index in [1.807, 2.05) is 49.4 Å². The Kier molecular flexibility index (Phi) is 5.60. The smallest absolute Gasteiger partial charge is 0.317 e. The van der Waals surface area contributed by atoms with Gasteiger partial charge in [-0.3, -0.25) is 0 Å². The van der Waals surface area contributed by atoms with Crippen molar-refractivity contribution in [3.05, 3.63) is 71.8 Å². The molecule has 3 aromatic rings. The van der Waals surface area contributed by atoms with Crippen molar-refractivity contribution >= 4 is 6.03 Å². The molecule has 8 nitrogen and oxygen atoms in total. The zero-order valence-electron chi connectivity index (χ0n) is 16.2. The second-order valence-corrected chi connectivity index (χ2v) is 6.77. The van der Waals surface area contributed by atoms with Crippen molar-refractivity contribution < 1.29 is 14.3 Å². The van der Waals surface area contributed by atoms with Crippen molar-refractivity contribution in [3.8, 4) is 11.5 Å². The fourth-order valence-electron chi connectivity index (χ4n) is 3.14. The highest BCUT2D eigenvalue weighted by molar-refractivity contribution is 5.74. The molecule has 8 heteroatoms. The maximum atomic E-state index is 12.6. The van der Waals surface area contributed by atoms with E-state index >= 15 is 0 Å². The molecule has 0 aliphatic carbocycles. The van der Waals surface area contributed by atoms with Gasteiger partial charge in [0.25, 0.3) is 0 Å². The van der Waals surface area contributed by atoms with Crippen LogP contribution in [0.2, 0.25) is 0 Å². The number of ether oxygens (including phenoxy) is 2. The predicted octanol–water partition coefficient (Wildman–Crippen LogP) is 2.79. The minimum Gasteiger partial charge on any atom is -0.454 e. The van der Waals surface area contributed by atoms with Gasteiger partial charge >= 0.3 is 6.03 Å². The summed E-state index contributed by atoms with van der Waals surface area (Å²) in [5, 5.41) is 7.10. The number of aromatic nitrogens is 3. The van der Waals surface area contributed by atoms with Crippen LogP contribution in [0.15, 0.2) is 55.1 Å². The van der Waals surface area contributed by atoms with E-state index in [0.717, 1.165) is 28.2 Å². The Morgan fingerprint density at radius 3 is 2.62 bits per heavy atom. The molecule has 0 atom stereocenters. The number of nitrogens with zero attached hydrogens (tertiary/aromatic N) is 4. The van der Waals surface area contributed by atoms with Gasteiger partial charge in [0.1, 0.15) is 12.7 Å². The van der Waals surface area contributed by atoms with Crippen molar-refractivity contribution in [1.29, 1.82) is 0 Å². The van der Waals surface area contributed by atoms with Gasteiger partial charge < -0.3 is 19.7 Å². The third kappa shape index (κ3) is 4.66. The molecule has 29 heavy (non-hydrogen) atoms. The Balaban J connectivity index is 1.30. The molecular weight excluding hydrogens is 370 g/mol. The largest absolute Gasteiger partial charge is 0.454 e. The lowest BCUT2D eigenvalue weighted by atomic mass is 10.1. The minimum atomic E-state index is -0.100. The Bertz CT molecular complexity index is 957. The van der Waals surface area contributed by atoms with E-state index in [9.17, 15) is 4.79 Å². The molecule has 1 N–H and O–H groups in total. The van der Waals surface area contributed by atoms with Crippen LogP contribution < -0.4 is 14.8 Å². The summed E-state index contributed by atoms with van der Waals surface area (Å²) in [6.07, 6.45) is 3.21. The molecule has 0 fully saturated rings. The maximum absolute atomic E-state index is 12.6. The van der Waals surface area contributed by atoms with Gasteiger partial charge in [-0.2, -0.15) is 5.10 Å². The number of carbonyl (C=O) groups is 1. The summed E-state index contributed by atoms with van der Waals surface area (Å²) in [6.45, 7) is 4.47. The average molecular weight is 393 g/mol. The Morgan fingerprint density at radius 1 is 1.10 bits per heavy atom. The van der Waals surface area contributed by atoms with Crippen molar-refractivity contribution in [3.63, 3.8) is 0 Å². The fraction of sp³-hybridized carbons (Fsp3) is 0.286. The molecule has 1 aliphatic rings. The number of amides is 2. The van der Waals surface area contributed by atoms with Gasteiger partial charge in [0.05, 0.1) is 6.54 Å². The normalized spacial score (nSPS) is 12.0. The van der Waals surface area contributed by atoms with Gasteiger partial charge in [-0.25, -0.2) is 14.5 Å². The van der Waals surface area contributed by atoms with E-state index < -0.39 is 0 Å². The van der Waals surface area contributed by atoms with E-state index in [2.05, 4.69) is 15.4 Å². The summed E-state index contributed by atoms with van der Waals surface area (Å²) in [5.74, 6) is 1.47. The molecule has 0 radical (unpaired) electrons. The molecule has 150 valence electrons. The van der Waals surface area contributed by atoms with E-state index in [-0.39, 0.29) is 12.8 Å². The third-order valence-electron chi connectivity index (χ3n) is 4.76. The quantitative estimate of drug-likeness (QED) is 0.668. The summed E-state index contributed by atoms with van der Waals surface area (Å²) in [6, 6.07) is 13.8. The van der Waals surface area contributed by atoms with Crippen LogP contribution in [0.1, 0.15) is 23.6 Å². The molecule has 0 saturated heterocycles. The standard InChI is InChI=1S/C21H23N5O3/c1-2-25(11-18-7-8-19-20(9-18)29-15-28-19)21(27)23-10-16-3-5-17(6-4-16)12-26-14-22-13-24-26/h3-9,13-14H,2,10-12,15H2,1H3,(H,23,27). The van der Waals surface area contributed by atoms with Crippen LogP contribution in [0.3, 0.4) is 0 Å². The molecule has 1 aromatic heterocycles. The monoisotopic (exact) mass is 393 g/mol. The van der Waals surface area contributed by atoms with Crippen LogP contribution in [0.4, 0.5) is 4.79 Å². The Labute approximate surface area is 169 Å². The number of nitrogens with one attached hydrogen (secondary N) is 1. The first-order valence-corrected chi connectivity index (χ1v) is 9.53. The van der Waals surface area contributed by atoms with Crippen LogP contribution in [0.25, 0.3) is 0 Å². The molecule has 2 amide bonds. The SMILES string of the molecule is CCN(Cc1ccc2c(c1)OCO2)C(=O)NCc1ccc(Cn2cncn2)cc1. The van der Waals surface area contributed by atoms with E-state index in [4.69, 9.17) is 9.47 Å². The van der Waals surface area contributed by atoms with E-state index in [1.165, 1.54) is 6.33 Å². The third-order valence-corrected chi connectivity index (χ3v) is 4.76. The second-order valence-electron chi connectivity index (χ2n) is 6.77. The highest BCUT2D eigenvalue weighted by atomic mass is 16.7. The van der Waals surface area contributed by atoms with Crippen LogP contribution in [0.5, 0.6) is 11.5 Å². The topological polar surface area (TPSA) is 81.5 Å². The minimum absolute atomic E-state index is 0.100. The first-order chi connectivity index (χ1) is 14.2. The number of carbonyl (C=O) groups excluding carboxylic acids is 1. The van der Waals surface area contributed by atoms with Crippen LogP contribution >= 0.6 is 0 Å². The molecule has 2 heterocycles. The summed E-state index contributed by atoms with van der Waals surface area (Å²) in [4.78, 5) is 18.3. The second kappa shape index (κ2) is 8.64. The number of benzene rings is 2. The number of urea groups is 1. The molecule has 4 rings (SSSR count). The number of rotatable bonds is 7. The Hall–Kier alpha value is -3.55. The zero-order valence-corrected chi connectivity index (χ0v) is 16.2. The molecule has 0 unspecified atom stereocenters. The van der Waals surface area contributed by atoms with Gasteiger partial charge in [0, 0.05) is 19.6 Å². The highest BCUT2D eigenvalue weighted by Crippen LogP contribution is 2.32. The molecule has 0 saturated carbocycles. The number of fused-ring (bicyclic) bond motifs is 1. The van der Waals surface area contributed by atoms with Crippen molar-refractivity contribution in [2.24, 2.45) is 0 Å². The molecular formula is C21H23N5O3. The molecule has 2 aromatic carbocycles. The van der Waals surface area contributed by atoms with Crippen LogP contribution in [-0.2, 0) is 19.6 Å². The van der Waals surface area contributed by atoms with Crippen molar-refractivity contribution in [1.82, 2.24) is 25.0 Å². The predicted molar refractivity (Wildman–Crippen MR) is 106 cm³/mol. The maximum Gasteiger partial charge on any atom is 0.317 e. The van der Waals surface area contributed by atoms with Crippen molar-refractivity contribution in [2.75, 3.05) is 13.3 Å². The molecule has 1 aliphatic heterocycles. The van der Waals surface area contributed by atoms with Gasteiger partial charge in [-0.05, 0) is 35.7 Å². The van der Waals surface area contributed by atoms with Crippen LogP contribution in [0, 0.1) is 0 Å². The zero-order chi connectivity index (χ0) is 20.1. The first kappa shape index (κ1) is 18.8.